The molecule has 0 saturated carbocycles. The summed E-state index contributed by atoms with van der Waals surface area (Å²) >= 11 is 0. The summed E-state index contributed by atoms with van der Waals surface area (Å²) in [5.41, 5.74) is 3.41. The standard InChI is InChI=1S/C16H14F2N2O/c17-13-3-1-10(7-14(13)18)8-16(21)20-12-2-4-15-11(9-12)5-6-19-15/h1-4,7,9,19H,5-6,8H2,(H,20,21). The van der Waals surface area contributed by atoms with E-state index in [9.17, 15) is 13.6 Å². The third-order valence-corrected chi connectivity index (χ3v) is 3.45. The van der Waals surface area contributed by atoms with Crippen molar-refractivity contribution in [2.24, 2.45) is 0 Å². The van der Waals surface area contributed by atoms with Crippen LogP contribution in [0.1, 0.15) is 11.1 Å². The van der Waals surface area contributed by atoms with Crippen LogP contribution >= 0.6 is 0 Å². The topological polar surface area (TPSA) is 41.1 Å². The van der Waals surface area contributed by atoms with Gasteiger partial charge in [-0.2, -0.15) is 0 Å². The summed E-state index contributed by atoms with van der Waals surface area (Å²) in [6.45, 7) is 0.904. The predicted octanol–water partition coefficient (Wildman–Crippen LogP) is 3.11. The molecule has 1 amide bonds. The van der Waals surface area contributed by atoms with Crippen LogP contribution in [0.15, 0.2) is 36.4 Å². The van der Waals surface area contributed by atoms with Crippen molar-refractivity contribution in [1.82, 2.24) is 0 Å². The van der Waals surface area contributed by atoms with Crippen molar-refractivity contribution >= 4 is 17.3 Å². The zero-order valence-corrected chi connectivity index (χ0v) is 11.2. The van der Waals surface area contributed by atoms with Crippen molar-refractivity contribution in [3.8, 4) is 0 Å². The molecule has 0 aliphatic carbocycles. The van der Waals surface area contributed by atoms with Crippen molar-refractivity contribution in [2.45, 2.75) is 12.8 Å². The molecule has 1 aliphatic heterocycles. The number of rotatable bonds is 3. The summed E-state index contributed by atoms with van der Waals surface area (Å²) in [5.74, 6) is -2.11. The van der Waals surface area contributed by atoms with Crippen LogP contribution in [0.25, 0.3) is 0 Å². The van der Waals surface area contributed by atoms with Crippen molar-refractivity contribution in [3.05, 3.63) is 59.2 Å². The highest BCUT2D eigenvalue weighted by molar-refractivity contribution is 5.92. The molecule has 0 atom stereocenters. The van der Waals surface area contributed by atoms with Gasteiger partial charge >= 0.3 is 0 Å². The molecule has 0 spiro atoms. The van der Waals surface area contributed by atoms with Gasteiger partial charge in [-0.3, -0.25) is 4.79 Å². The van der Waals surface area contributed by atoms with E-state index in [0.717, 1.165) is 30.8 Å². The molecule has 108 valence electrons. The van der Waals surface area contributed by atoms with E-state index in [2.05, 4.69) is 10.6 Å². The largest absolute Gasteiger partial charge is 0.384 e. The number of amides is 1. The second-order valence-corrected chi connectivity index (χ2v) is 5.02. The number of carbonyl (C=O) groups excluding carboxylic acids is 1. The zero-order chi connectivity index (χ0) is 14.8. The maximum Gasteiger partial charge on any atom is 0.228 e. The normalized spacial score (nSPS) is 12.7. The smallest absolute Gasteiger partial charge is 0.228 e. The van der Waals surface area contributed by atoms with Crippen LogP contribution in [0.5, 0.6) is 0 Å². The Bertz CT molecular complexity index is 701. The maximum absolute atomic E-state index is 13.1. The van der Waals surface area contributed by atoms with E-state index in [1.54, 1.807) is 0 Å². The van der Waals surface area contributed by atoms with Gasteiger partial charge in [0.2, 0.25) is 5.91 Å². The lowest BCUT2D eigenvalue weighted by atomic mass is 10.1. The molecule has 1 aliphatic rings. The third-order valence-electron chi connectivity index (χ3n) is 3.45. The maximum atomic E-state index is 13.1. The lowest BCUT2D eigenvalue weighted by molar-refractivity contribution is -0.115. The Balaban J connectivity index is 1.67. The predicted molar refractivity (Wildman–Crippen MR) is 77.3 cm³/mol. The lowest BCUT2D eigenvalue weighted by Crippen LogP contribution is -2.14. The Morgan fingerprint density at radius 3 is 2.81 bits per heavy atom. The van der Waals surface area contributed by atoms with Gasteiger partial charge in [-0.05, 0) is 47.9 Å². The van der Waals surface area contributed by atoms with Gasteiger partial charge in [-0.15, -0.1) is 0 Å². The molecule has 0 unspecified atom stereocenters. The molecule has 2 aromatic carbocycles. The Kier molecular flexibility index (Phi) is 3.56. The van der Waals surface area contributed by atoms with Crippen LogP contribution in [-0.4, -0.2) is 12.5 Å². The summed E-state index contributed by atoms with van der Waals surface area (Å²) in [6.07, 6.45) is 0.939. The van der Waals surface area contributed by atoms with E-state index >= 15 is 0 Å². The number of hydrogen-bond acceptors (Lipinski definition) is 2. The lowest BCUT2D eigenvalue weighted by Gasteiger charge is -2.07. The van der Waals surface area contributed by atoms with Gasteiger partial charge < -0.3 is 10.6 Å². The number of benzene rings is 2. The van der Waals surface area contributed by atoms with Crippen LogP contribution in [0, 0.1) is 11.6 Å². The van der Waals surface area contributed by atoms with E-state index in [-0.39, 0.29) is 12.3 Å². The molecular formula is C16H14F2N2O. The van der Waals surface area contributed by atoms with Gasteiger partial charge in [-0.25, -0.2) is 8.78 Å². The molecule has 2 N–H and O–H groups in total. The third kappa shape index (κ3) is 3.02. The first-order valence-corrected chi connectivity index (χ1v) is 6.72. The fraction of sp³-hybridized carbons (Fsp3) is 0.188. The second kappa shape index (κ2) is 5.52. The molecule has 1 heterocycles. The van der Waals surface area contributed by atoms with Crippen LogP contribution in [-0.2, 0) is 17.6 Å². The van der Waals surface area contributed by atoms with Crippen molar-refractivity contribution in [1.29, 1.82) is 0 Å². The van der Waals surface area contributed by atoms with Gasteiger partial charge in [0.1, 0.15) is 0 Å². The zero-order valence-electron chi connectivity index (χ0n) is 11.2. The van der Waals surface area contributed by atoms with Gasteiger partial charge in [0.05, 0.1) is 6.42 Å². The Morgan fingerprint density at radius 2 is 2.00 bits per heavy atom. The van der Waals surface area contributed by atoms with Gasteiger partial charge in [0.25, 0.3) is 0 Å². The summed E-state index contributed by atoms with van der Waals surface area (Å²) in [4.78, 5) is 11.9. The van der Waals surface area contributed by atoms with Crippen LogP contribution in [0.4, 0.5) is 20.2 Å². The number of hydrogen-bond donors (Lipinski definition) is 2. The van der Waals surface area contributed by atoms with Gasteiger partial charge in [0, 0.05) is 17.9 Å². The molecule has 3 rings (SSSR count). The highest BCUT2D eigenvalue weighted by atomic mass is 19.2. The van der Waals surface area contributed by atoms with E-state index < -0.39 is 11.6 Å². The molecule has 3 nitrogen and oxygen atoms in total. The highest BCUT2D eigenvalue weighted by Crippen LogP contribution is 2.25. The summed E-state index contributed by atoms with van der Waals surface area (Å²) in [7, 11) is 0. The summed E-state index contributed by atoms with van der Waals surface area (Å²) in [5, 5.41) is 6.01. The Morgan fingerprint density at radius 1 is 1.14 bits per heavy atom. The Hall–Kier alpha value is -2.43. The molecule has 0 aromatic heterocycles. The molecule has 0 saturated heterocycles. The fourth-order valence-corrected chi connectivity index (χ4v) is 2.42. The van der Waals surface area contributed by atoms with E-state index in [0.29, 0.717) is 11.3 Å². The highest BCUT2D eigenvalue weighted by Gasteiger charge is 2.12. The molecule has 0 radical (unpaired) electrons. The van der Waals surface area contributed by atoms with E-state index in [4.69, 9.17) is 0 Å². The fourth-order valence-electron chi connectivity index (χ4n) is 2.42. The molecule has 2 aromatic rings. The number of carbonyl (C=O) groups is 1. The number of anilines is 2. The van der Waals surface area contributed by atoms with Gasteiger partial charge in [-0.1, -0.05) is 6.07 Å². The van der Waals surface area contributed by atoms with Crippen molar-refractivity contribution < 1.29 is 13.6 Å². The first-order chi connectivity index (χ1) is 10.1. The molecule has 21 heavy (non-hydrogen) atoms. The average Bonchev–Trinajstić information content (AvgIpc) is 2.90. The van der Waals surface area contributed by atoms with Crippen LogP contribution < -0.4 is 10.6 Å². The second-order valence-electron chi connectivity index (χ2n) is 5.02. The van der Waals surface area contributed by atoms with Crippen LogP contribution in [0.2, 0.25) is 0 Å². The first-order valence-electron chi connectivity index (χ1n) is 6.72. The minimum Gasteiger partial charge on any atom is -0.384 e. The first kappa shape index (κ1) is 13.5. The Labute approximate surface area is 121 Å². The molecule has 0 bridgehead atoms. The van der Waals surface area contributed by atoms with E-state index in [1.807, 2.05) is 18.2 Å². The van der Waals surface area contributed by atoms with Gasteiger partial charge in [0.15, 0.2) is 11.6 Å². The number of nitrogens with one attached hydrogen (secondary N) is 2. The molecule has 0 fully saturated rings. The van der Waals surface area contributed by atoms with Crippen LogP contribution in [0.3, 0.4) is 0 Å². The molecular weight excluding hydrogens is 274 g/mol. The van der Waals surface area contributed by atoms with Crippen molar-refractivity contribution in [2.75, 3.05) is 17.2 Å². The number of halogens is 2. The number of fused-ring (bicyclic) bond motifs is 1. The summed E-state index contributed by atoms with van der Waals surface area (Å²) < 4.78 is 25.9. The molecule has 5 heteroatoms. The monoisotopic (exact) mass is 288 g/mol. The van der Waals surface area contributed by atoms with E-state index in [1.165, 1.54) is 11.6 Å². The average molecular weight is 288 g/mol. The summed E-state index contributed by atoms with van der Waals surface area (Å²) in [6, 6.07) is 9.15. The quantitative estimate of drug-likeness (QED) is 0.911. The minimum atomic E-state index is -0.941. The SMILES string of the molecule is O=C(Cc1ccc(F)c(F)c1)Nc1ccc2c(c1)CCN2. The minimum absolute atomic E-state index is 0.00648. The van der Waals surface area contributed by atoms with Crippen molar-refractivity contribution in [3.63, 3.8) is 0 Å².